The smallest absolute Gasteiger partial charge is 0.420 e. The fourth-order valence-electron chi connectivity index (χ4n) is 2.92. The van der Waals surface area contributed by atoms with Crippen LogP contribution in [0, 0.1) is 27.7 Å². The molecule has 0 saturated heterocycles. The monoisotopic (exact) mass is 561 g/mol. The molecule has 0 saturated carbocycles. The first kappa shape index (κ1) is 24.2. The second-order valence-corrected chi connectivity index (χ2v) is 10.7. The van der Waals surface area contributed by atoms with Crippen LogP contribution in [0.5, 0.6) is 5.75 Å². The van der Waals surface area contributed by atoms with Gasteiger partial charge in [0.25, 0.3) is 0 Å². The van der Waals surface area contributed by atoms with Gasteiger partial charge in [0.15, 0.2) is 0 Å². The van der Waals surface area contributed by atoms with Gasteiger partial charge < -0.3 is 4.74 Å². The summed E-state index contributed by atoms with van der Waals surface area (Å²) in [6.45, 7) is 5.60. The van der Waals surface area contributed by atoms with E-state index in [2.05, 4.69) is 0 Å². The number of rotatable bonds is 6. The zero-order chi connectivity index (χ0) is 22.2. The fraction of sp³-hybridized carbons (Fsp3) is 0.368. The van der Waals surface area contributed by atoms with Gasteiger partial charge in [0, 0.05) is 0 Å². The molecule has 0 bridgehead atoms. The normalized spacial score (nSPS) is 14.5. The highest BCUT2D eigenvalue weighted by atomic mass is 127. The predicted octanol–water partition coefficient (Wildman–Crippen LogP) is 5.62. The van der Waals surface area contributed by atoms with Crippen molar-refractivity contribution in [2.24, 2.45) is 0 Å². The van der Waals surface area contributed by atoms with E-state index in [1.807, 2.05) is 0 Å². The van der Waals surface area contributed by atoms with E-state index >= 15 is 0 Å². The standard InChI is InChI=1S/C19H20ClF3INO3S/c1-11-5-6-15(20)16(9-11)28-10-18(24,19(21,22)23)25-29(26,27)17-13(3)7-12(2)8-14(17)4/h5-9,25H,10H2,1-4H3. The maximum atomic E-state index is 13.9. The van der Waals surface area contributed by atoms with Crippen LogP contribution in [-0.4, -0.2) is 24.7 Å². The summed E-state index contributed by atoms with van der Waals surface area (Å²) in [5.41, 5.74) is 2.27. The highest BCUT2D eigenvalue weighted by Crippen LogP contribution is 2.39. The van der Waals surface area contributed by atoms with Crippen LogP contribution in [0.4, 0.5) is 13.2 Å². The van der Waals surface area contributed by atoms with Crippen LogP contribution >= 0.6 is 34.2 Å². The lowest BCUT2D eigenvalue weighted by Gasteiger charge is -2.31. The SMILES string of the molecule is Cc1cc(C)c(S(=O)(=O)NC(I)(COc2cc(C)ccc2Cl)C(F)(F)F)c(C)c1. The minimum Gasteiger partial charge on any atom is -0.489 e. The quantitative estimate of drug-likeness (QED) is 0.283. The fourth-order valence-corrected chi connectivity index (χ4v) is 5.79. The largest absolute Gasteiger partial charge is 0.489 e. The molecule has 0 aliphatic rings. The molecule has 2 rings (SSSR count). The third-order valence-corrected chi connectivity index (χ3v) is 7.80. The van der Waals surface area contributed by atoms with Crippen LogP contribution in [0.1, 0.15) is 22.3 Å². The molecule has 4 nitrogen and oxygen atoms in total. The molecular weight excluding hydrogens is 542 g/mol. The van der Waals surface area contributed by atoms with Gasteiger partial charge in [-0.2, -0.15) is 17.9 Å². The third-order valence-electron chi connectivity index (χ3n) is 4.13. The first-order valence-corrected chi connectivity index (χ1v) is 11.4. The van der Waals surface area contributed by atoms with Gasteiger partial charge in [-0.3, -0.25) is 0 Å². The Morgan fingerprint density at radius 2 is 1.59 bits per heavy atom. The van der Waals surface area contributed by atoms with Crippen LogP contribution in [0.15, 0.2) is 35.2 Å². The third kappa shape index (κ3) is 5.56. The number of alkyl halides is 4. The molecule has 0 amide bonds. The molecule has 0 heterocycles. The zero-order valence-electron chi connectivity index (χ0n) is 16.1. The molecule has 0 aromatic heterocycles. The minimum atomic E-state index is -4.93. The summed E-state index contributed by atoms with van der Waals surface area (Å²) in [4.78, 5) is -0.179. The lowest BCUT2D eigenvalue weighted by atomic mass is 10.1. The Hall–Kier alpha value is -1.04. The molecule has 0 spiro atoms. The summed E-state index contributed by atoms with van der Waals surface area (Å²) in [6, 6.07) is 7.87. The van der Waals surface area contributed by atoms with Crippen molar-refractivity contribution in [1.82, 2.24) is 4.72 Å². The average Bonchev–Trinajstić information content (AvgIpc) is 2.52. The Bertz CT molecular complexity index is 1000. The van der Waals surface area contributed by atoms with Crippen molar-refractivity contribution >= 4 is 44.2 Å². The first-order valence-electron chi connectivity index (χ1n) is 8.43. The van der Waals surface area contributed by atoms with E-state index in [4.69, 9.17) is 16.3 Å². The minimum absolute atomic E-state index is 0.0406. The van der Waals surface area contributed by atoms with Crippen molar-refractivity contribution in [2.75, 3.05) is 6.61 Å². The van der Waals surface area contributed by atoms with Crippen molar-refractivity contribution in [3.63, 3.8) is 0 Å². The molecule has 2 aromatic carbocycles. The lowest BCUT2D eigenvalue weighted by Crippen LogP contribution is -2.57. The van der Waals surface area contributed by atoms with Gasteiger partial charge in [-0.05, 0) is 79.1 Å². The molecule has 1 unspecified atom stereocenters. The van der Waals surface area contributed by atoms with Gasteiger partial charge in [0.05, 0.1) is 9.92 Å². The molecule has 2 aromatic rings. The van der Waals surface area contributed by atoms with E-state index in [1.54, 1.807) is 50.6 Å². The molecule has 0 fully saturated rings. The van der Waals surface area contributed by atoms with Crippen molar-refractivity contribution in [3.8, 4) is 5.75 Å². The zero-order valence-corrected chi connectivity index (χ0v) is 19.8. The summed E-state index contributed by atoms with van der Waals surface area (Å²) in [5.74, 6) is 0.0406. The van der Waals surface area contributed by atoms with Crippen LogP contribution in [-0.2, 0) is 10.0 Å². The Balaban J connectivity index is 2.41. The molecule has 160 valence electrons. The number of sulfonamides is 1. The van der Waals surface area contributed by atoms with Crippen LogP contribution in [0.2, 0.25) is 5.02 Å². The molecule has 29 heavy (non-hydrogen) atoms. The molecular formula is C19H20ClF3INO3S. The summed E-state index contributed by atoms with van der Waals surface area (Å²) in [5, 5.41) is 0.129. The van der Waals surface area contributed by atoms with Crippen LogP contribution in [0.3, 0.4) is 0 Å². The predicted molar refractivity (Wildman–Crippen MR) is 115 cm³/mol. The molecule has 1 N–H and O–H groups in total. The van der Waals surface area contributed by atoms with Crippen molar-refractivity contribution in [1.29, 1.82) is 0 Å². The van der Waals surface area contributed by atoms with E-state index < -0.39 is 26.4 Å². The number of nitrogens with one attached hydrogen (secondary N) is 1. The Morgan fingerprint density at radius 1 is 1.03 bits per heavy atom. The van der Waals surface area contributed by atoms with Crippen LogP contribution < -0.4 is 9.46 Å². The van der Waals surface area contributed by atoms with Crippen molar-refractivity contribution in [2.45, 2.75) is 42.3 Å². The molecule has 1 atom stereocenters. The second kappa shape index (κ2) is 8.60. The van der Waals surface area contributed by atoms with Gasteiger partial charge in [-0.25, -0.2) is 8.42 Å². The lowest BCUT2D eigenvalue weighted by molar-refractivity contribution is -0.163. The number of ether oxygens (including phenoxy) is 1. The Morgan fingerprint density at radius 3 is 2.10 bits per heavy atom. The number of benzene rings is 2. The van der Waals surface area contributed by atoms with Gasteiger partial charge in [0.1, 0.15) is 12.4 Å². The van der Waals surface area contributed by atoms with E-state index in [0.29, 0.717) is 11.1 Å². The van der Waals surface area contributed by atoms with Gasteiger partial charge >= 0.3 is 6.18 Å². The highest BCUT2D eigenvalue weighted by molar-refractivity contribution is 14.1. The van der Waals surface area contributed by atoms with Crippen molar-refractivity contribution in [3.05, 3.63) is 57.6 Å². The van der Waals surface area contributed by atoms with E-state index in [9.17, 15) is 21.6 Å². The topological polar surface area (TPSA) is 55.4 Å². The Kier molecular flexibility index (Phi) is 7.19. The number of halogens is 5. The Labute approximate surface area is 187 Å². The van der Waals surface area contributed by atoms with Gasteiger partial charge in [0.2, 0.25) is 13.6 Å². The maximum absolute atomic E-state index is 13.9. The van der Waals surface area contributed by atoms with Gasteiger partial charge in [-0.15, -0.1) is 0 Å². The number of hydrogen-bond acceptors (Lipinski definition) is 3. The van der Waals surface area contributed by atoms with E-state index in [1.165, 1.54) is 12.1 Å². The number of aryl methyl sites for hydroxylation is 4. The molecule has 0 aliphatic heterocycles. The van der Waals surface area contributed by atoms with Gasteiger partial charge in [-0.1, -0.05) is 35.4 Å². The summed E-state index contributed by atoms with van der Waals surface area (Å²) in [6.07, 6.45) is -4.93. The number of hydrogen-bond donors (Lipinski definition) is 1. The average molecular weight is 562 g/mol. The van der Waals surface area contributed by atoms with Crippen LogP contribution in [0.25, 0.3) is 0 Å². The summed E-state index contributed by atoms with van der Waals surface area (Å²) in [7, 11) is -4.49. The van der Waals surface area contributed by atoms with E-state index in [-0.39, 0.29) is 15.7 Å². The summed E-state index contributed by atoms with van der Waals surface area (Å²) >= 11 is 7.00. The second-order valence-electron chi connectivity index (χ2n) is 6.85. The first-order chi connectivity index (χ1) is 13.2. The molecule has 10 heteroatoms. The highest BCUT2D eigenvalue weighted by Gasteiger charge is 2.56. The molecule has 0 radical (unpaired) electrons. The van der Waals surface area contributed by atoms with Crippen molar-refractivity contribution < 1.29 is 26.3 Å². The van der Waals surface area contributed by atoms with E-state index in [0.717, 1.165) is 33.7 Å². The molecule has 0 aliphatic carbocycles. The summed E-state index contributed by atoms with van der Waals surface area (Å²) < 4.78 is 71.5. The maximum Gasteiger partial charge on any atom is 0.420 e.